The van der Waals surface area contributed by atoms with E-state index in [-0.39, 0.29) is 0 Å². The molecule has 0 radical (unpaired) electrons. The molecule has 0 saturated carbocycles. The van der Waals surface area contributed by atoms with Gasteiger partial charge in [-0.05, 0) is 25.2 Å². The van der Waals surface area contributed by atoms with Crippen molar-refractivity contribution < 1.29 is 0 Å². The van der Waals surface area contributed by atoms with Crippen LogP contribution in [0.1, 0.15) is 19.3 Å². The van der Waals surface area contributed by atoms with Gasteiger partial charge in [-0.15, -0.1) is 0 Å². The van der Waals surface area contributed by atoms with Crippen molar-refractivity contribution in [3.05, 3.63) is 12.2 Å². The van der Waals surface area contributed by atoms with Gasteiger partial charge in [-0.1, -0.05) is 12.2 Å². The molecular formula is C7H12N3+. The van der Waals surface area contributed by atoms with Crippen LogP contribution in [0.15, 0.2) is 17.3 Å². The molecule has 0 heterocycles. The fraction of sp³-hybridized carbons (Fsp3) is 0.714. The average Bonchev–Trinajstić information content (AvgIpc) is 2.03. The Hall–Kier alpha value is -0.950. The summed E-state index contributed by atoms with van der Waals surface area (Å²) >= 11 is 0. The van der Waals surface area contributed by atoms with Crippen LogP contribution >= 0.6 is 0 Å². The minimum Gasteiger partial charge on any atom is -0.0885 e. The molecule has 1 aliphatic carbocycles. The van der Waals surface area contributed by atoms with E-state index < -0.39 is 0 Å². The van der Waals surface area contributed by atoms with Gasteiger partial charge in [0, 0.05) is 0 Å². The van der Waals surface area contributed by atoms with Crippen molar-refractivity contribution in [2.75, 3.05) is 6.54 Å². The van der Waals surface area contributed by atoms with Gasteiger partial charge >= 0.3 is 0 Å². The third-order valence-corrected chi connectivity index (χ3v) is 1.79. The summed E-state index contributed by atoms with van der Waals surface area (Å²) in [5.74, 6) is 0.638. The maximum absolute atomic E-state index is 6.46. The van der Waals surface area contributed by atoms with Gasteiger partial charge in [0.25, 0.3) is 0 Å². The van der Waals surface area contributed by atoms with Crippen LogP contribution in [0.5, 0.6) is 0 Å². The summed E-state index contributed by atoms with van der Waals surface area (Å²) in [7, 11) is 0. The van der Waals surface area contributed by atoms with Crippen LogP contribution in [0, 0.1) is 11.4 Å². The zero-order chi connectivity index (χ0) is 7.23. The Bertz CT molecular complexity index is 168. The van der Waals surface area contributed by atoms with Gasteiger partial charge in [0.15, 0.2) is 0 Å². The Morgan fingerprint density at radius 2 is 2.50 bits per heavy atom. The molecule has 0 amide bonds. The van der Waals surface area contributed by atoms with Crippen molar-refractivity contribution in [2.24, 2.45) is 11.0 Å². The highest BCUT2D eigenvalue weighted by Gasteiger charge is 2.10. The molecule has 3 nitrogen and oxygen atoms in total. The molecule has 1 rings (SSSR count). The molecule has 0 aromatic carbocycles. The molecule has 0 saturated heterocycles. The lowest BCUT2D eigenvalue weighted by Crippen LogP contribution is -2.05. The van der Waals surface area contributed by atoms with Crippen LogP contribution in [0.25, 0.3) is 0 Å². The number of nitrogens with one attached hydrogen (secondary N) is 1. The lowest BCUT2D eigenvalue weighted by molar-refractivity contribution is 0.480. The molecule has 0 bridgehead atoms. The van der Waals surface area contributed by atoms with Gasteiger partial charge in [0.05, 0.1) is 0 Å². The fourth-order valence-electron chi connectivity index (χ4n) is 1.18. The molecule has 54 valence electrons. The second-order valence-electron chi connectivity index (χ2n) is 2.57. The minimum atomic E-state index is 0.638. The first-order chi connectivity index (χ1) is 4.93. The quantitative estimate of drug-likeness (QED) is 0.344. The zero-order valence-electron chi connectivity index (χ0n) is 5.95. The Morgan fingerprint density at radius 3 is 3.10 bits per heavy atom. The van der Waals surface area contributed by atoms with Gasteiger partial charge in [-0.3, -0.25) is 0 Å². The summed E-state index contributed by atoms with van der Waals surface area (Å²) in [6.07, 6.45) is 7.87. The summed E-state index contributed by atoms with van der Waals surface area (Å²) in [6.45, 7) is 0.730. The van der Waals surface area contributed by atoms with E-state index in [0.29, 0.717) is 5.92 Å². The van der Waals surface area contributed by atoms with E-state index in [0.717, 1.165) is 19.4 Å². The third-order valence-electron chi connectivity index (χ3n) is 1.79. The summed E-state index contributed by atoms with van der Waals surface area (Å²) in [4.78, 5) is 2.98. The first-order valence-corrected chi connectivity index (χ1v) is 3.61. The monoisotopic (exact) mass is 138 g/mol. The molecule has 0 unspecified atom stereocenters. The maximum atomic E-state index is 6.46. The first kappa shape index (κ1) is 7.16. The molecule has 10 heavy (non-hydrogen) atoms. The Balaban J connectivity index is 2.28. The van der Waals surface area contributed by atoms with E-state index in [1.165, 1.54) is 6.42 Å². The van der Waals surface area contributed by atoms with E-state index in [9.17, 15) is 0 Å². The third kappa shape index (κ3) is 2.11. The predicted molar refractivity (Wildman–Crippen MR) is 38.6 cm³/mol. The van der Waals surface area contributed by atoms with Crippen LogP contribution in [0.3, 0.4) is 0 Å². The molecule has 0 spiro atoms. The van der Waals surface area contributed by atoms with Crippen LogP contribution in [0.2, 0.25) is 0 Å². The highest BCUT2D eigenvalue weighted by molar-refractivity contribution is 4.90. The molecule has 0 aromatic rings. The van der Waals surface area contributed by atoms with E-state index in [4.69, 9.17) is 5.53 Å². The average molecular weight is 138 g/mol. The van der Waals surface area contributed by atoms with Crippen molar-refractivity contribution in [3.8, 4) is 0 Å². The Kier molecular flexibility index (Phi) is 2.84. The van der Waals surface area contributed by atoms with Gasteiger partial charge in [-0.2, -0.15) is 0 Å². The lowest BCUT2D eigenvalue weighted by Gasteiger charge is -2.11. The molecule has 1 aliphatic rings. The van der Waals surface area contributed by atoms with E-state index >= 15 is 0 Å². The van der Waals surface area contributed by atoms with Gasteiger partial charge in [0.1, 0.15) is 17.2 Å². The van der Waals surface area contributed by atoms with Gasteiger partial charge < -0.3 is 0 Å². The van der Waals surface area contributed by atoms with Crippen LogP contribution in [-0.4, -0.2) is 6.54 Å². The fourth-order valence-corrected chi connectivity index (χ4v) is 1.18. The summed E-state index contributed by atoms with van der Waals surface area (Å²) < 4.78 is 0. The summed E-state index contributed by atoms with van der Waals surface area (Å²) in [5, 5.41) is 3.65. The smallest absolute Gasteiger partial charge is 0.0885 e. The van der Waals surface area contributed by atoms with Crippen LogP contribution < -0.4 is 4.91 Å². The number of nitrogens with zero attached hydrogens (tertiary/aromatic N) is 2. The molecule has 1 N–H and O–H groups in total. The van der Waals surface area contributed by atoms with Crippen molar-refractivity contribution in [1.82, 2.24) is 4.91 Å². The number of hydrogen-bond acceptors (Lipinski definition) is 2. The Morgan fingerprint density at radius 1 is 1.60 bits per heavy atom. The molecule has 1 atom stereocenters. The molecule has 0 aliphatic heterocycles. The lowest BCUT2D eigenvalue weighted by atomic mass is 9.95. The summed E-state index contributed by atoms with van der Waals surface area (Å²) in [6, 6.07) is 0. The predicted octanol–water partition coefficient (Wildman–Crippen LogP) is 1.89. The van der Waals surface area contributed by atoms with Crippen LogP contribution in [-0.2, 0) is 0 Å². The molecule has 0 fully saturated rings. The molecule has 3 heteroatoms. The second-order valence-corrected chi connectivity index (χ2v) is 2.57. The highest BCUT2D eigenvalue weighted by Crippen LogP contribution is 2.17. The number of hydrogen-bond donors (Lipinski definition) is 1. The van der Waals surface area contributed by atoms with Crippen molar-refractivity contribution >= 4 is 0 Å². The van der Waals surface area contributed by atoms with Crippen LogP contribution in [0.4, 0.5) is 0 Å². The molecule has 0 aromatic heterocycles. The largest absolute Gasteiger partial charge is 0.214 e. The van der Waals surface area contributed by atoms with Gasteiger partial charge in [-0.25, -0.2) is 0 Å². The summed E-state index contributed by atoms with van der Waals surface area (Å²) in [5.41, 5.74) is 6.46. The maximum Gasteiger partial charge on any atom is 0.214 e. The van der Waals surface area contributed by atoms with Crippen molar-refractivity contribution in [3.63, 3.8) is 0 Å². The highest BCUT2D eigenvalue weighted by atomic mass is 15.1. The normalized spacial score (nSPS) is 23.8. The molecular weight excluding hydrogens is 126 g/mol. The number of rotatable bonds is 2. The van der Waals surface area contributed by atoms with E-state index in [1.54, 1.807) is 0 Å². The van der Waals surface area contributed by atoms with E-state index in [2.05, 4.69) is 22.2 Å². The van der Waals surface area contributed by atoms with Crippen molar-refractivity contribution in [1.29, 1.82) is 5.53 Å². The topological polar surface area (TPSA) is 50.3 Å². The Labute approximate surface area is 60.4 Å². The SMILES string of the molecule is N=[N+]=NC[C@H]1CC=CCC1. The van der Waals surface area contributed by atoms with E-state index in [1.807, 2.05) is 0 Å². The first-order valence-electron chi connectivity index (χ1n) is 3.61. The minimum absolute atomic E-state index is 0.638. The van der Waals surface area contributed by atoms with Gasteiger partial charge in [0.2, 0.25) is 4.91 Å². The second kappa shape index (κ2) is 3.96. The zero-order valence-corrected chi connectivity index (χ0v) is 5.95. The standard InChI is InChI=1S/C7H12N3/c8-10-9-6-7-4-2-1-3-5-7/h1-2,7-8H,3-6H2/q+1/t7-/m0/s1. The number of allylic oxidation sites excluding steroid dienone is 2. The van der Waals surface area contributed by atoms with Crippen molar-refractivity contribution in [2.45, 2.75) is 19.3 Å².